The number of phenolic OH excluding ortho intramolecular Hbond substituents is 1. The molecule has 0 aliphatic carbocycles. The summed E-state index contributed by atoms with van der Waals surface area (Å²) in [5.41, 5.74) is 0.708. The predicted octanol–water partition coefficient (Wildman–Crippen LogP) is 2.09. The van der Waals surface area contributed by atoms with E-state index in [0.29, 0.717) is 30.2 Å². The first-order valence-corrected chi connectivity index (χ1v) is 8.80. The zero-order valence-corrected chi connectivity index (χ0v) is 17.8. The molecule has 0 unspecified atom stereocenters. The van der Waals surface area contributed by atoms with Crippen LogP contribution in [0.25, 0.3) is 0 Å². The molecule has 0 aromatic heterocycles. The summed E-state index contributed by atoms with van der Waals surface area (Å²) in [5.74, 6) is 1.84. The van der Waals surface area contributed by atoms with Gasteiger partial charge in [0.05, 0.1) is 13.7 Å². The summed E-state index contributed by atoms with van der Waals surface area (Å²) >= 11 is 0. The highest BCUT2D eigenvalue weighted by atomic mass is 127. The normalized spacial score (nSPS) is 14.2. The number of methoxy groups -OCH3 is 1. The van der Waals surface area contributed by atoms with Gasteiger partial charge < -0.3 is 25.4 Å². The molecule has 1 aromatic carbocycles. The maximum atomic E-state index is 11.6. The lowest BCUT2D eigenvalue weighted by Gasteiger charge is -2.16. The number of likely N-dealkylation sites (tertiary alicyclic amines) is 1. The molecule has 1 saturated heterocycles. The first-order chi connectivity index (χ1) is 12.1. The van der Waals surface area contributed by atoms with Gasteiger partial charge in [0.25, 0.3) is 0 Å². The zero-order valence-electron chi connectivity index (χ0n) is 15.5. The van der Waals surface area contributed by atoms with Gasteiger partial charge in [-0.2, -0.15) is 0 Å². The molecule has 8 heteroatoms. The number of ether oxygens (including phenoxy) is 1. The van der Waals surface area contributed by atoms with Crippen molar-refractivity contribution >= 4 is 35.8 Å². The van der Waals surface area contributed by atoms with Crippen LogP contribution in [0.5, 0.6) is 11.5 Å². The topological polar surface area (TPSA) is 86.2 Å². The summed E-state index contributed by atoms with van der Waals surface area (Å²) in [6.45, 7) is 5.50. The predicted molar refractivity (Wildman–Crippen MR) is 113 cm³/mol. The SMILES string of the molecule is CCNC(=NCc1cc(OC)ccc1O)NCCCN1CCCC1=O.I. The van der Waals surface area contributed by atoms with Crippen molar-refractivity contribution in [3.05, 3.63) is 23.8 Å². The fourth-order valence-electron chi connectivity index (χ4n) is 2.74. The third-order valence-corrected chi connectivity index (χ3v) is 4.11. The molecule has 1 aliphatic rings. The summed E-state index contributed by atoms with van der Waals surface area (Å²) in [6, 6.07) is 5.10. The summed E-state index contributed by atoms with van der Waals surface area (Å²) in [4.78, 5) is 18.0. The Morgan fingerprint density at radius 1 is 1.38 bits per heavy atom. The second kappa shape index (κ2) is 11.8. The number of guanidine groups is 1. The molecule has 0 bridgehead atoms. The number of hydrogen-bond donors (Lipinski definition) is 3. The molecule has 0 spiro atoms. The van der Waals surface area contributed by atoms with Crippen LogP contribution in [0.2, 0.25) is 0 Å². The van der Waals surface area contributed by atoms with E-state index in [4.69, 9.17) is 4.74 Å². The summed E-state index contributed by atoms with van der Waals surface area (Å²) in [7, 11) is 1.59. The van der Waals surface area contributed by atoms with E-state index in [1.54, 1.807) is 25.3 Å². The molecule has 26 heavy (non-hydrogen) atoms. The highest BCUT2D eigenvalue weighted by Crippen LogP contribution is 2.23. The Hall–Kier alpha value is -1.71. The van der Waals surface area contributed by atoms with Crippen molar-refractivity contribution in [2.45, 2.75) is 32.7 Å². The molecule has 0 saturated carbocycles. The van der Waals surface area contributed by atoms with E-state index < -0.39 is 0 Å². The van der Waals surface area contributed by atoms with Crippen LogP contribution in [-0.4, -0.2) is 55.2 Å². The second-order valence-electron chi connectivity index (χ2n) is 5.95. The van der Waals surface area contributed by atoms with E-state index in [1.165, 1.54) is 0 Å². The minimum atomic E-state index is 0. The van der Waals surface area contributed by atoms with Crippen LogP contribution in [0.4, 0.5) is 0 Å². The van der Waals surface area contributed by atoms with E-state index in [-0.39, 0.29) is 35.6 Å². The van der Waals surface area contributed by atoms with Crippen LogP contribution < -0.4 is 15.4 Å². The van der Waals surface area contributed by atoms with Crippen LogP contribution in [0, 0.1) is 0 Å². The number of benzene rings is 1. The largest absolute Gasteiger partial charge is 0.508 e. The van der Waals surface area contributed by atoms with Crippen molar-refractivity contribution in [2.75, 3.05) is 33.3 Å². The quantitative estimate of drug-likeness (QED) is 0.232. The Bertz CT molecular complexity index is 610. The maximum Gasteiger partial charge on any atom is 0.222 e. The maximum absolute atomic E-state index is 11.6. The zero-order chi connectivity index (χ0) is 18.1. The molecular formula is C18H29IN4O3. The molecule has 1 fully saturated rings. The number of nitrogens with zero attached hydrogens (tertiary/aromatic N) is 2. The number of hydrogen-bond acceptors (Lipinski definition) is 4. The van der Waals surface area contributed by atoms with Crippen LogP contribution >= 0.6 is 24.0 Å². The number of rotatable bonds is 8. The second-order valence-corrected chi connectivity index (χ2v) is 5.95. The molecule has 146 valence electrons. The van der Waals surface area contributed by atoms with Gasteiger partial charge in [0.2, 0.25) is 5.91 Å². The van der Waals surface area contributed by atoms with E-state index in [1.807, 2.05) is 11.8 Å². The number of phenols is 1. The van der Waals surface area contributed by atoms with E-state index >= 15 is 0 Å². The van der Waals surface area contributed by atoms with Gasteiger partial charge in [0, 0.05) is 38.2 Å². The summed E-state index contributed by atoms with van der Waals surface area (Å²) in [5, 5.41) is 16.4. The van der Waals surface area contributed by atoms with Crippen LogP contribution in [0.1, 0.15) is 31.7 Å². The lowest BCUT2D eigenvalue weighted by molar-refractivity contribution is -0.127. The fraction of sp³-hybridized carbons (Fsp3) is 0.556. The lowest BCUT2D eigenvalue weighted by atomic mass is 10.2. The molecule has 0 radical (unpaired) electrons. The molecule has 1 aliphatic heterocycles. The minimum absolute atomic E-state index is 0. The van der Waals surface area contributed by atoms with Gasteiger partial charge in [-0.05, 0) is 38.0 Å². The number of carbonyl (C=O) groups excluding carboxylic acids is 1. The Balaban J connectivity index is 0.00000338. The van der Waals surface area contributed by atoms with Crippen LogP contribution in [0.3, 0.4) is 0 Å². The van der Waals surface area contributed by atoms with Crippen molar-refractivity contribution in [2.24, 2.45) is 4.99 Å². The van der Waals surface area contributed by atoms with Gasteiger partial charge in [-0.15, -0.1) is 24.0 Å². The third-order valence-electron chi connectivity index (χ3n) is 4.11. The molecule has 3 N–H and O–H groups in total. The summed E-state index contributed by atoms with van der Waals surface area (Å²) in [6.07, 6.45) is 2.53. The van der Waals surface area contributed by atoms with E-state index in [2.05, 4.69) is 15.6 Å². The van der Waals surface area contributed by atoms with Crippen molar-refractivity contribution in [3.8, 4) is 11.5 Å². The molecule has 1 aromatic rings. The van der Waals surface area contributed by atoms with Gasteiger partial charge in [0.1, 0.15) is 11.5 Å². The molecular weight excluding hydrogens is 447 g/mol. The minimum Gasteiger partial charge on any atom is -0.508 e. The summed E-state index contributed by atoms with van der Waals surface area (Å²) < 4.78 is 5.18. The van der Waals surface area contributed by atoms with Crippen molar-refractivity contribution in [1.29, 1.82) is 0 Å². The van der Waals surface area contributed by atoms with Crippen molar-refractivity contribution < 1.29 is 14.6 Å². The fourth-order valence-corrected chi connectivity index (χ4v) is 2.74. The third kappa shape index (κ3) is 6.89. The van der Waals surface area contributed by atoms with E-state index in [9.17, 15) is 9.90 Å². The van der Waals surface area contributed by atoms with Crippen molar-refractivity contribution in [1.82, 2.24) is 15.5 Å². The molecule has 1 heterocycles. The molecule has 1 amide bonds. The average Bonchev–Trinajstić information content (AvgIpc) is 3.02. The Morgan fingerprint density at radius 3 is 2.85 bits per heavy atom. The van der Waals surface area contributed by atoms with Gasteiger partial charge in [-0.25, -0.2) is 4.99 Å². The standard InChI is InChI=1S/C18H28N4O3.HI/c1-3-19-18(20-9-5-11-22-10-4-6-17(22)24)21-13-14-12-15(25-2)7-8-16(14)23;/h7-8,12,23H,3-6,9-11,13H2,1-2H3,(H2,19,20,21);1H. The lowest BCUT2D eigenvalue weighted by Crippen LogP contribution is -2.39. The van der Waals surface area contributed by atoms with E-state index in [0.717, 1.165) is 39.0 Å². The number of nitrogens with one attached hydrogen (secondary N) is 2. The first-order valence-electron chi connectivity index (χ1n) is 8.80. The first kappa shape index (κ1) is 22.3. The van der Waals surface area contributed by atoms with Crippen molar-refractivity contribution in [3.63, 3.8) is 0 Å². The Labute approximate surface area is 172 Å². The smallest absolute Gasteiger partial charge is 0.222 e. The van der Waals surface area contributed by atoms with Gasteiger partial charge in [-0.3, -0.25) is 4.79 Å². The van der Waals surface area contributed by atoms with Crippen LogP contribution in [0.15, 0.2) is 23.2 Å². The average molecular weight is 476 g/mol. The number of carbonyl (C=O) groups is 1. The highest BCUT2D eigenvalue weighted by Gasteiger charge is 2.18. The van der Waals surface area contributed by atoms with Gasteiger partial charge in [-0.1, -0.05) is 0 Å². The Kier molecular flexibility index (Phi) is 10.2. The van der Waals surface area contributed by atoms with Gasteiger partial charge >= 0.3 is 0 Å². The Morgan fingerprint density at radius 2 is 2.19 bits per heavy atom. The monoisotopic (exact) mass is 476 g/mol. The molecule has 7 nitrogen and oxygen atoms in total. The molecule has 0 atom stereocenters. The number of amides is 1. The van der Waals surface area contributed by atoms with Gasteiger partial charge in [0.15, 0.2) is 5.96 Å². The number of aliphatic imine (C=N–C) groups is 1. The molecule has 2 rings (SSSR count). The highest BCUT2D eigenvalue weighted by molar-refractivity contribution is 14.0. The van der Waals surface area contributed by atoms with Crippen LogP contribution in [-0.2, 0) is 11.3 Å². The number of halogens is 1. The number of aromatic hydroxyl groups is 1.